The molecule has 0 saturated heterocycles. The predicted molar refractivity (Wildman–Crippen MR) is 117 cm³/mol. The van der Waals surface area contributed by atoms with Crippen molar-refractivity contribution < 1.29 is 0 Å². The third-order valence-corrected chi connectivity index (χ3v) is 4.99. The molecule has 4 rings (SSSR count). The van der Waals surface area contributed by atoms with E-state index >= 15 is 0 Å². The molecule has 6 heteroatoms. The van der Waals surface area contributed by atoms with E-state index in [-0.39, 0.29) is 0 Å². The second-order valence-corrected chi connectivity index (χ2v) is 7.05. The second-order valence-electron chi connectivity index (χ2n) is 6.29. The summed E-state index contributed by atoms with van der Waals surface area (Å²) in [6.45, 7) is 1.56. The molecule has 2 N–H and O–H groups in total. The zero-order chi connectivity index (χ0) is 18.6. The molecule has 0 aliphatic rings. The highest BCUT2D eigenvalue weighted by Gasteiger charge is 2.09. The lowest BCUT2D eigenvalue weighted by molar-refractivity contribution is 0.874. The Morgan fingerprint density at radius 1 is 0.926 bits per heavy atom. The van der Waals surface area contributed by atoms with Gasteiger partial charge in [0.15, 0.2) is 0 Å². The number of aromatic amines is 1. The fourth-order valence-corrected chi connectivity index (χ4v) is 3.79. The Balaban J connectivity index is 1.65. The monoisotopic (exact) mass is 398 g/mol. The van der Waals surface area contributed by atoms with E-state index in [0.29, 0.717) is 11.8 Å². The van der Waals surface area contributed by atoms with Crippen molar-refractivity contribution in [3.8, 4) is 0 Å². The molecule has 2 aromatic carbocycles. The van der Waals surface area contributed by atoms with E-state index < -0.39 is 0 Å². The Kier molecular flexibility index (Phi) is 5.37. The van der Waals surface area contributed by atoms with Gasteiger partial charge in [0.25, 0.3) is 0 Å². The van der Waals surface area contributed by atoms with Gasteiger partial charge in [-0.2, -0.15) is 0 Å². The molecule has 4 aromatic rings. The molecule has 0 aliphatic carbocycles. The summed E-state index contributed by atoms with van der Waals surface area (Å²) >= 11 is 11.8. The van der Waals surface area contributed by atoms with Crippen molar-refractivity contribution in [3.63, 3.8) is 0 Å². The SMILES string of the molecule is ClCCN(CCCl)c1ccc(Nc2cc[nH]c3ccc4nccc4c23)cc1. The third-order valence-electron chi connectivity index (χ3n) is 4.66. The lowest BCUT2D eigenvalue weighted by Gasteiger charge is -2.23. The molecule has 27 heavy (non-hydrogen) atoms. The van der Waals surface area contributed by atoms with Crippen LogP contribution in [0.25, 0.3) is 21.8 Å². The summed E-state index contributed by atoms with van der Waals surface area (Å²) in [6.07, 6.45) is 3.79. The fraction of sp³-hybridized carbons (Fsp3) is 0.190. The van der Waals surface area contributed by atoms with Crippen LogP contribution in [0, 0.1) is 0 Å². The van der Waals surface area contributed by atoms with Gasteiger partial charge in [0, 0.05) is 70.6 Å². The van der Waals surface area contributed by atoms with Gasteiger partial charge >= 0.3 is 0 Å². The van der Waals surface area contributed by atoms with Crippen LogP contribution in [0.4, 0.5) is 17.1 Å². The molecule has 0 aliphatic heterocycles. The van der Waals surface area contributed by atoms with Gasteiger partial charge in [0.2, 0.25) is 0 Å². The first-order valence-electron chi connectivity index (χ1n) is 8.89. The summed E-state index contributed by atoms with van der Waals surface area (Å²) in [5.74, 6) is 1.15. The summed E-state index contributed by atoms with van der Waals surface area (Å²) in [7, 11) is 0. The molecule has 2 heterocycles. The number of hydrogen-bond acceptors (Lipinski definition) is 3. The summed E-state index contributed by atoms with van der Waals surface area (Å²) in [5.41, 5.74) is 5.27. The Morgan fingerprint density at radius 2 is 1.70 bits per heavy atom. The standard InChI is InChI=1S/C21H20Cl2N4/c22-9-13-27(14-10-23)16-3-1-15(2-4-16)26-20-8-12-25-19-6-5-18-17(21(19)20)7-11-24-18/h1-8,11-12,25-26H,9-10,13-14H2. The molecule has 2 aromatic heterocycles. The van der Waals surface area contributed by atoms with Crippen LogP contribution in [0.15, 0.2) is 60.9 Å². The highest BCUT2D eigenvalue weighted by molar-refractivity contribution is 6.18. The Morgan fingerprint density at radius 3 is 2.44 bits per heavy atom. The van der Waals surface area contributed by atoms with E-state index in [0.717, 1.165) is 52.0 Å². The molecule has 138 valence electrons. The van der Waals surface area contributed by atoms with Crippen LogP contribution in [0.5, 0.6) is 0 Å². The minimum atomic E-state index is 0.576. The number of H-pyrrole nitrogens is 1. The largest absolute Gasteiger partial charge is 0.369 e. The van der Waals surface area contributed by atoms with E-state index in [1.807, 2.05) is 18.5 Å². The first kappa shape index (κ1) is 18.0. The molecular formula is C21H20Cl2N4. The maximum Gasteiger partial charge on any atom is 0.0710 e. The van der Waals surface area contributed by atoms with Crippen molar-refractivity contribution in [2.45, 2.75) is 0 Å². The van der Waals surface area contributed by atoms with Crippen LogP contribution >= 0.6 is 23.2 Å². The molecule has 0 spiro atoms. The quantitative estimate of drug-likeness (QED) is 0.389. The van der Waals surface area contributed by atoms with Crippen molar-refractivity contribution >= 4 is 62.1 Å². The first-order valence-corrected chi connectivity index (χ1v) is 9.96. The number of nitrogens with zero attached hydrogens (tertiary/aromatic N) is 2. The number of pyridine rings is 1. The Bertz CT molecular complexity index is 1040. The van der Waals surface area contributed by atoms with Gasteiger partial charge < -0.3 is 15.2 Å². The number of aromatic nitrogens is 2. The topological polar surface area (TPSA) is 44.0 Å². The highest BCUT2D eigenvalue weighted by atomic mass is 35.5. The van der Waals surface area contributed by atoms with Crippen molar-refractivity contribution in [1.82, 2.24) is 9.97 Å². The van der Waals surface area contributed by atoms with Crippen molar-refractivity contribution in [1.29, 1.82) is 0 Å². The second kappa shape index (κ2) is 8.07. The number of alkyl halides is 2. The van der Waals surface area contributed by atoms with Gasteiger partial charge in [-0.1, -0.05) is 0 Å². The molecule has 0 amide bonds. The molecule has 0 radical (unpaired) electrons. The zero-order valence-electron chi connectivity index (χ0n) is 14.8. The maximum absolute atomic E-state index is 5.91. The zero-order valence-corrected chi connectivity index (χ0v) is 16.3. The van der Waals surface area contributed by atoms with Gasteiger partial charge in [-0.3, -0.25) is 4.98 Å². The van der Waals surface area contributed by atoms with E-state index in [1.54, 1.807) is 0 Å². The average molecular weight is 399 g/mol. The van der Waals surface area contributed by atoms with Crippen molar-refractivity contribution in [2.75, 3.05) is 35.1 Å². The smallest absolute Gasteiger partial charge is 0.0710 e. The fourth-order valence-electron chi connectivity index (χ4n) is 3.38. The number of fused-ring (bicyclic) bond motifs is 3. The van der Waals surface area contributed by atoms with E-state index in [1.165, 1.54) is 0 Å². The van der Waals surface area contributed by atoms with Gasteiger partial charge in [-0.25, -0.2) is 0 Å². The normalized spacial score (nSPS) is 11.2. The van der Waals surface area contributed by atoms with Crippen LogP contribution in [-0.2, 0) is 0 Å². The maximum atomic E-state index is 5.91. The number of nitrogens with one attached hydrogen (secondary N) is 2. The lowest BCUT2D eigenvalue weighted by atomic mass is 10.1. The van der Waals surface area contributed by atoms with Crippen LogP contribution in [0.1, 0.15) is 0 Å². The van der Waals surface area contributed by atoms with Crippen LogP contribution in [-0.4, -0.2) is 34.8 Å². The number of rotatable bonds is 7. The van der Waals surface area contributed by atoms with Gasteiger partial charge in [-0.05, 0) is 48.5 Å². The van der Waals surface area contributed by atoms with E-state index in [9.17, 15) is 0 Å². The first-order chi connectivity index (χ1) is 13.3. The number of hydrogen-bond donors (Lipinski definition) is 2. The van der Waals surface area contributed by atoms with Crippen LogP contribution < -0.4 is 10.2 Å². The Hall–Kier alpha value is -2.43. The Labute approximate surface area is 168 Å². The number of halogens is 2. The minimum absolute atomic E-state index is 0.576. The highest BCUT2D eigenvalue weighted by Crippen LogP contribution is 2.32. The molecule has 0 atom stereocenters. The summed E-state index contributed by atoms with van der Waals surface area (Å²) in [6, 6.07) is 16.6. The van der Waals surface area contributed by atoms with Crippen molar-refractivity contribution in [2.24, 2.45) is 0 Å². The van der Waals surface area contributed by atoms with Gasteiger partial charge in [0.05, 0.1) is 5.52 Å². The van der Waals surface area contributed by atoms with Crippen LogP contribution in [0.2, 0.25) is 0 Å². The average Bonchev–Trinajstić information content (AvgIpc) is 3.17. The molecule has 0 bridgehead atoms. The minimum Gasteiger partial charge on any atom is -0.369 e. The van der Waals surface area contributed by atoms with Gasteiger partial charge in [0.1, 0.15) is 0 Å². The van der Waals surface area contributed by atoms with E-state index in [4.69, 9.17) is 23.2 Å². The third kappa shape index (κ3) is 3.68. The molecule has 0 fully saturated rings. The molecule has 4 nitrogen and oxygen atoms in total. The predicted octanol–water partition coefficient (Wildman–Crippen LogP) is 5.74. The summed E-state index contributed by atoms with van der Waals surface area (Å²) in [5, 5.41) is 5.82. The van der Waals surface area contributed by atoms with E-state index in [2.05, 4.69) is 62.6 Å². The van der Waals surface area contributed by atoms with Crippen LogP contribution in [0.3, 0.4) is 0 Å². The summed E-state index contributed by atoms with van der Waals surface area (Å²) < 4.78 is 0. The van der Waals surface area contributed by atoms with Gasteiger partial charge in [-0.15, -0.1) is 23.2 Å². The van der Waals surface area contributed by atoms with Crippen molar-refractivity contribution in [3.05, 3.63) is 60.9 Å². The number of benzene rings is 2. The lowest BCUT2D eigenvalue weighted by Crippen LogP contribution is -2.27. The summed E-state index contributed by atoms with van der Waals surface area (Å²) in [4.78, 5) is 9.92. The molecule has 0 saturated carbocycles. The molecule has 0 unspecified atom stereocenters. The number of anilines is 3. The molecular weight excluding hydrogens is 379 g/mol.